The largest absolute Gasteiger partial charge is 0.457 e. The van der Waals surface area contributed by atoms with Gasteiger partial charge in [-0.1, -0.05) is 30.6 Å². The molecule has 1 fully saturated rings. The number of thiazole rings is 1. The highest BCUT2D eigenvalue weighted by atomic mass is 32.1. The van der Waals surface area contributed by atoms with E-state index < -0.39 is 0 Å². The molecule has 0 aliphatic heterocycles. The number of benzene rings is 1. The van der Waals surface area contributed by atoms with Crippen molar-refractivity contribution in [3.8, 4) is 11.5 Å². The maximum absolute atomic E-state index is 11.7. The smallest absolute Gasteiger partial charge is 0.269 e. The summed E-state index contributed by atoms with van der Waals surface area (Å²) in [7, 11) is 1.58. The van der Waals surface area contributed by atoms with Crippen LogP contribution in [0.25, 0.3) is 10.2 Å². The molecule has 0 saturated heterocycles. The van der Waals surface area contributed by atoms with Crippen LogP contribution in [0.5, 0.6) is 11.5 Å². The topological polar surface area (TPSA) is 76.1 Å². The number of nitrogens with one attached hydrogen (secondary N) is 2. The van der Waals surface area contributed by atoms with E-state index in [1.807, 2.05) is 18.2 Å². The molecule has 2 heterocycles. The molecule has 28 heavy (non-hydrogen) atoms. The Labute approximate surface area is 168 Å². The van der Waals surface area contributed by atoms with E-state index in [0.717, 1.165) is 27.8 Å². The Hall–Kier alpha value is -2.67. The first kappa shape index (κ1) is 18.7. The van der Waals surface area contributed by atoms with Crippen LogP contribution in [0.1, 0.15) is 42.6 Å². The summed E-state index contributed by atoms with van der Waals surface area (Å²) in [4.78, 5) is 20.5. The molecule has 2 N–H and O–H groups in total. The number of rotatable bonds is 6. The van der Waals surface area contributed by atoms with Crippen LogP contribution in [0.2, 0.25) is 0 Å². The monoisotopic (exact) mass is 396 g/mol. The zero-order chi connectivity index (χ0) is 19.3. The SMILES string of the molecule is CNC(=O)c1cc(Oc2ccc3nc(NCC4CCCCC4)sc3c2)ccn1. The second-order valence-electron chi connectivity index (χ2n) is 7.09. The van der Waals surface area contributed by atoms with Gasteiger partial charge in [-0.05, 0) is 37.0 Å². The Morgan fingerprint density at radius 1 is 1.18 bits per heavy atom. The molecule has 0 bridgehead atoms. The number of hydrogen-bond acceptors (Lipinski definition) is 6. The predicted molar refractivity (Wildman–Crippen MR) is 112 cm³/mol. The highest BCUT2D eigenvalue weighted by molar-refractivity contribution is 7.22. The van der Waals surface area contributed by atoms with Gasteiger partial charge >= 0.3 is 0 Å². The van der Waals surface area contributed by atoms with Gasteiger partial charge in [0.15, 0.2) is 5.13 Å². The number of ether oxygens (including phenoxy) is 1. The van der Waals surface area contributed by atoms with E-state index in [4.69, 9.17) is 4.74 Å². The summed E-state index contributed by atoms with van der Waals surface area (Å²) < 4.78 is 7.00. The summed E-state index contributed by atoms with van der Waals surface area (Å²) in [6.07, 6.45) is 8.29. The van der Waals surface area contributed by atoms with Crippen molar-refractivity contribution in [1.29, 1.82) is 0 Å². The third kappa shape index (κ3) is 4.42. The Morgan fingerprint density at radius 2 is 2.00 bits per heavy atom. The molecule has 3 aromatic rings. The number of carbonyl (C=O) groups is 1. The maximum Gasteiger partial charge on any atom is 0.269 e. The lowest BCUT2D eigenvalue weighted by molar-refractivity contribution is 0.0958. The van der Waals surface area contributed by atoms with Gasteiger partial charge in [-0.15, -0.1) is 0 Å². The molecular weight excluding hydrogens is 372 g/mol. The van der Waals surface area contributed by atoms with Crippen molar-refractivity contribution in [2.75, 3.05) is 18.9 Å². The van der Waals surface area contributed by atoms with E-state index in [1.54, 1.807) is 36.7 Å². The van der Waals surface area contributed by atoms with Crippen molar-refractivity contribution < 1.29 is 9.53 Å². The molecule has 0 radical (unpaired) electrons. The number of fused-ring (bicyclic) bond motifs is 1. The summed E-state index contributed by atoms with van der Waals surface area (Å²) in [5.74, 6) is 1.81. The molecule has 1 saturated carbocycles. The minimum Gasteiger partial charge on any atom is -0.457 e. The molecule has 2 aromatic heterocycles. The van der Waals surface area contributed by atoms with Gasteiger partial charge in [0.2, 0.25) is 0 Å². The van der Waals surface area contributed by atoms with Crippen LogP contribution in [-0.4, -0.2) is 29.5 Å². The molecule has 146 valence electrons. The molecule has 7 heteroatoms. The molecule has 1 aromatic carbocycles. The van der Waals surface area contributed by atoms with E-state index in [1.165, 1.54) is 32.1 Å². The first-order valence-corrected chi connectivity index (χ1v) is 10.5. The summed E-state index contributed by atoms with van der Waals surface area (Å²) in [5.41, 5.74) is 1.29. The fraction of sp³-hybridized carbons (Fsp3) is 0.381. The number of hydrogen-bond donors (Lipinski definition) is 2. The molecular formula is C21H24N4O2S. The Balaban J connectivity index is 1.45. The molecule has 0 spiro atoms. The van der Waals surface area contributed by atoms with Gasteiger partial charge in [0.25, 0.3) is 5.91 Å². The molecule has 1 aliphatic carbocycles. The lowest BCUT2D eigenvalue weighted by atomic mass is 9.89. The molecule has 1 amide bonds. The summed E-state index contributed by atoms with van der Waals surface area (Å²) in [6.45, 7) is 1.00. The van der Waals surface area contributed by atoms with Crippen LogP contribution in [0.15, 0.2) is 36.5 Å². The predicted octanol–water partition coefficient (Wildman–Crippen LogP) is 4.84. The first-order valence-electron chi connectivity index (χ1n) is 9.72. The number of carbonyl (C=O) groups excluding carboxylic acids is 1. The lowest BCUT2D eigenvalue weighted by Crippen LogP contribution is -2.18. The fourth-order valence-corrected chi connectivity index (χ4v) is 4.43. The van der Waals surface area contributed by atoms with Gasteiger partial charge in [0.1, 0.15) is 17.2 Å². The summed E-state index contributed by atoms with van der Waals surface area (Å²) >= 11 is 1.64. The van der Waals surface area contributed by atoms with Crippen molar-refractivity contribution in [2.24, 2.45) is 5.92 Å². The number of pyridine rings is 1. The zero-order valence-electron chi connectivity index (χ0n) is 15.9. The first-order chi connectivity index (χ1) is 13.7. The summed E-state index contributed by atoms with van der Waals surface area (Å²) in [6, 6.07) is 9.22. The third-order valence-electron chi connectivity index (χ3n) is 5.05. The Morgan fingerprint density at radius 3 is 2.82 bits per heavy atom. The number of aromatic nitrogens is 2. The molecule has 0 unspecified atom stereocenters. The van der Waals surface area contributed by atoms with E-state index in [9.17, 15) is 4.79 Å². The minimum absolute atomic E-state index is 0.239. The highest BCUT2D eigenvalue weighted by Crippen LogP contribution is 2.32. The van der Waals surface area contributed by atoms with Crippen LogP contribution in [0.3, 0.4) is 0 Å². The van der Waals surface area contributed by atoms with Crippen molar-refractivity contribution >= 4 is 32.6 Å². The zero-order valence-corrected chi connectivity index (χ0v) is 16.7. The minimum atomic E-state index is -0.239. The maximum atomic E-state index is 11.7. The second kappa shape index (κ2) is 8.56. The number of anilines is 1. The number of nitrogens with zero attached hydrogens (tertiary/aromatic N) is 2. The Kier molecular flexibility index (Phi) is 5.71. The van der Waals surface area contributed by atoms with E-state index in [-0.39, 0.29) is 5.91 Å². The quantitative estimate of drug-likeness (QED) is 0.624. The normalized spacial score (nSPS) is 14.8. The van der Waals surface area contributed by atoms with Gasteiger partial charge in [0.05, 0.1) is 10.2 Å². The average molecular weight is 397 g/mol. The summed E-state index contributed by atoms with van der Waals surface area (Å²) in [5, 5.41) is 7.04. The van der Waals surface area contributed by atoms with Crippen LogP contribution < -0.4 is 15.4 Å². The van der Waals surface area contributed by atoms with Gasteiger partial charge in [-0.25, -0.2) is 4.98 Å². The van der Waals surface area contributed by atoms with Gasteiger partial charge in [-0.2, -0.15) is 0 Å². The lowest BCUT2D eigenvalue weighted by Gasteiger charge is -2.21. The van der Waals surface area contributed by atoms with Crippen molar-refractivity contribution in [2.45, 2.75) is 32.1 Å². The van der Waals surface area contributed by atoms with Crippen LogP contribution in [0.4, 0.5) is 5.13 Å². The molecule has 4 rings (SSSR count). The molecule has 1 aliphatic rings. The third-order valence-corrected chi connectivity index (χ3v) is 6.03. The molecule has 0 atom stereocenters. The standard InChI is InChI=1S/C21H24N4O2S/c1-22-20(26)18-11-16(9-10-23-18)27-15-7-8-17-19(12-15)28-21(25-17)24-13-14-5-3-2-4-6-14/h7-12,14H,2-6,13H2,1H3,(H,22,26)(H,24,25). The van der Waals surface area contributed by atoms with E-state index in [0.29, 0.717) is 17.2 Å². The van der Waals surface area contributed by atoms with Crippen molar-refractivity contribution in [1.82, 2.24) is 15.3 Å². The van der Waals surface area contributed by atoms with Crippen molar-refractivity contribution in [3.63, 3.8) is 0 Å². The second-order valence-corrected chi connectivity index (χ2v) is 8.12. The van der Waals surface area contributed by atoms with Crippen LogP contribution in [0, 0.1) is 5.92 Å². The van der Waals surface area contributed by atoms with Gasteiger partial charge in [-0.3, -0.25) is 9.78 Å². The highest BCUT2D eigenvalue weighted by Gasteiger charge is 2.14. The van der Waals surface area contributed by atoms with Gasteiger partial charge in [0, 0.05) is 31.9 Å². The van der Waals surface area contributed by atoms with E-state index >= 15 is 0 Å². The van der Waals surface area contributed by atoms with Crippen LogP contribution in [-0.2, 0) is 0 Å². The fourth-order valence-electron chi connectivity index (χ4n) is 3.53. The number of amides is 1. The Bertz CT molecular complexity index is 966. The molecule has 6 nitrogen and oxygen atoms in total. The van der Waals surface area contributed by atoms with E-state index in [2.05, 4.69) is 20.6 Å². The van der Waals surface area contributed by atoms with Gasteiger partial charge < -0.3 is 15.4 Å². The average Bonchev–Trinajstić information content (AvgIpc) is 3.15. The van der Waals surface area contributed by atoms with Crippen LogP contribution >= 0.6 is 11.3 Å². The van der Waals surface area contributed by atoms with Crippen molar-refractivity contribution in [3.05, 3.63) is 42.2 Å².